The van der Waals surface area contributed by atoms with Gasteiger partial charge in [-0.2, -0.15) is 0 Å². The van der Waals surface area contributed by atoms with Gasteiger partial charge in [-0.1, -0.05) is 6.07 Å². The van der Waals surface area contributed by atoms with Gasteiger partial charge in [-0.15, -0.1) is 11.3 Å². The van der Waals surface area contributed by atoms with E-state index in [1.807, 2.05) is 40.2 Å². The van der Waals surface area contributed by atoms with Crippen LogP contribution < -0.4 is 5.56 Å². The summed E-state index contributed by atoms with van der Waals surface area (Å²) in [6.07, 6.45) is 1.89. The van der Waals surface area contributed by atoms with Crippen LogP contribution >= 0.6 is 11.3 Å². The molecule has 0 saturated carbocycles. The van der Waals surface area contributed by atoms with Crippen molar-refractivity contribution in [3.05, 3.63) is 75.4 Å². The molecule has 7 nitrogen and oxygen atoms in total. The summed E-state index contributed by atoms with van der Waals surface area (Å²) < 4.78 is 4.19. The molecule has 132 valence electrons. The minimum absolute atomic E-state index is 0.114. The lowest BCUT2D eigenvalue weighted by atomic mass is 10.2. The lowest BCUT2D eigenvalue weighted by Gasteiger charge is -2.09. The highest BCUT2D eigenvalue weighted by molar-refractivity contribution is 7.17. The Morgan fingerprint density at radius 2 is 1.93 bits per heavy atom. The predicted octanol–water partition coefficient (Wildman–Crippen LogP) is 3.82. The average molecular weight is 377 g/mol. The van der Waals surface area contributed by atoms with E-state index >= 15 is 0 Å². The molecule has 8 heteroatoms. The molecule has 0 saturated heterocycles. The van der Waals surface area contributed by atoms with Gasteiger partial charge in [0.2, 0.25) is 0 Å². The molecule has 0 unspecified atom stereocenters. The summed E-state index contributed by atoms with van der Waals surface area (Å²) in [6.45, 7) is 0. The second kappa shape index (κ2) is 5.75. The highest BCUT2D eigenvalue weighted by Gasteiger charge is 2.19. The van der Waals surface area contributed by atoms with Gasteiger partial charge >= 0.3 is 5.69 Å². The first-order valence-corrected chi connectivity index (χ1v) is 9.08. The molecule has 0 N–H and O–H groups in total. The van der Waals surface area contributed by atoms with E-state index in [1.165, 1.54) is 18.4 Å². The summed E-state index contributed by atoms with van der Waals surface area (Å²) in [5, 5.41) is 2.75. The molecule has 4 aromatic heterocycles. The van der Waals surface area contributed by atoms with Crippen molar-refractivity contribution in [2.75, 3.05) is 7.11 Å². The lowest BCUT2D eigenvalue weighted by Crippen LogP contribution is -2.19. The van der Waals surface area contributed by atoms with E-state index in [0.29, 0.717) is 26.6 Å². The summed E-state index contributed by atoms with van der Waals surface area (Å²) in [4.78, 5) is 34.7. The van der Waals surface area contributed by atoms with Crippen LogP contribution in [0.1, 0.15) is 0 Å². The van der Waals surface area contributed by atoms with Crippen molar-refractivity contribution < 1.29 is 9.76 Å². The van der Waals surface area contributed by atoms with Gasteiger partial charge in [0.1, 0.15) is 15.9 Å². The van der Waals surface area contributed by atoms with Crippen molar-refractivity contribution >= 4 is 43.9 Å². The molecular weight excluding hydrogens is 364 g/mol. The third-order valence-corrected chi connectivity index (χ3v) is 5.42. The van der Waals surface area contributed by atoms with E-state index in [1.54, 1.807) is 28.8 Å². The van der Waals surface area contributed by atoms with Crippen LogP contribution in [0.3, 0.4) is 0 Å². The highest BCUT2D eigenvalue weighted by Crippen LogP contribution is 2.29. The Balaban J connectivity index is 1.91. The third kappa shape index (κ3) is 2.20. The number of pyridine rings is 2. The number of benzene rings is 1. The quantitative estimate of drug-likeness (QED) is 0.448. The number of hydrogen-bond donors (Lipinski definition) is 0. The first-order chi connectivity index (χ1) is 13.2. The van der Waals surface area contributed by atoms with E-state index in [-0.39, 0.29) is 5.56 Å². The number of rotatable bonds is 3. The number of imidazole rings is 1. The summed E-state index contributed by atoms with van der Waals surface area (Å²) in [5.74, 6) is 0. The molecular formula is C19H13N4O3S+. The van der Waals surface area contributed by atoms with Crippen molar-refractivity contribution in [2.24, 2.45) is 0 Å². The van der Waals surface area contributed by atoms with Gasteiger partial charge in [0.15, 0.2) is 12.8 Å². The van der Waals surface area contributed by atoms with Gasteiger partial charge in [0, 0.05) is 23.7 Å². The fourth-order valence-corrected chi connectivity index (χ4v) is 4.13. The predicted molar refractivity (Wildman–Crippen MR) is 104 cm³/mol. The molecule has 0 spiro atoms. The normalized spacial score (nSPS) is 11.4. The summed E-state index contributed by atoms with van der Waals surface area (Å²) >= 11 is 1.40. The van der Waals surface area contributed by atoms with E-state index in [9.17, 15) is 9.70 Å². The maximum Gasteiger partial charge on any atom is 0.316 e. The van der Waals surface area contributed by atoms with Gasteiger partial charge in [-0.05, 0) is 35.7 Å². The summed E-state index contributed by atoms with van der Waals surface area (Å²) in [5.41, 5.74) is 3.11. The van der Waals surface area contributed by atoms with Crippen molar-refractivity contribution in [3.8, 4) is 5.69 Å². The molecule has 5 rings (SSSR count). The Morgan fingerprint density at radius 3 is 2.70 bits per heavy atom. The zero-order valence-electron chi connectivity index (χ0n) is 14.2. The minimum atomic E-state index is -0.114. The van der Waals surface area contributed by atoms with Crippen LogP contribution in [0.5, 0.6) is 0 Å². The maximum atomic E-state index is 13.3. The molecule has 0 aliphatic carbocycles. The van der Waals surface area contributed by atoms with Crippen LogP contribution in [0.25, 0.3) is 32.6 Å². The average Bonchev–Trinajstić information content (AvgIpc) is 3.33. The number of thiophene rings is 1. The Hall–Kier alpha value is -3.52. The molecule has 0 aliphatic rings. The zero-order chi connectivity index (χ0) is 18.5. The van der Waals surface area contributed by atoms with Crippen molar-refractivity contribution in [2.45, 2.75) is 0 Å². The molecule has 0 fully saturated rings. The van der Waals surface area contributed by atoms with E-state index in [2.05, 4.69) is 4.84 Å². The first kappa shape index (κ1) is 15.7. The lowest BCUT2D eigenvalue weighted by molar-refractivity contribution is -0.736. The topological polar surface area (TPSA) is 68.6 Å². The molecule has 0 bridgehead atoms. The van der Waals surface area contributed by atoms with Gasteiger partial charge in [-0.3, -0.25) is 13.8 Å². The third-order valence-electron chi connectivity index (χ3n) is 4.52. The monoisotopic (exact) mass is 377 g/mol. The second-order valence-corrected chi connectivity index (χ2v) is 6.89. The van der Waals surface area contributed by atoms with E-state index in [4.69, 9.17) is 4.98 Å². The molecule has 0 atom stereocenters. The number of aromatic nitrogens is 3. The Labute approximate surface area is 156 Å². The van der Waals surface area contributed by atoms with E-state index in [0.717, 1.165) is 16.6 Å². The first-order valence-electron chi connectivity index (χ1n) is 8.20. The van der Waals surface area contributed by atoms with Gasteiger partial charge in [-0.25, -0.2) is 9.82 Å². The smallest absolute Gasteiger partial charge is 0.285 e. The largest absolute Gasteiger partial charge is 0.316 e. The fraction of sp³-hybridized carbons (Fsp3) is 0.0526. The van der Waals surface area contributed by atoms with Crippen LogP contribution in [-0.4, -0.2) is 26.0 Å². The van der Waals surface area contributed by atoms with Crippen LogP contribution in [0.4, 0.5) is 5.69 Å². The standard InChI is InChI=1S/C19H13N4O3S/c1-26-23(25)13-7-5-12(6-8-13)22-18-16(14-9-11-27-17(14)19(22)24)20-15-4-2-3-10-21(15)18/h2-11H,1H3/q+1. The number of hydrogen-bond acceptors (Lipinski definition) is 5. The Kier molecular flexibility index (Phi) is 3.34. The SMILES string of the molecule is CO[N+](=O)c1ccc(-n2c(=O)c3sccc3c3nc4ccccn4c32)cc1. The maximum absolute atomic E-state index is 13.3. The van der Waals surface area contributed by atoms with Gasteiger partial charge in [0.05, 0.1) is 10.6 Å². The Morgan fingerprint density at radius 1 is 1.11 bits per heavy atom. The summed E-state index contributed by atoms with van der Waals surface area (Å²) in [7, 11) is 1.30. The molecule has 1 aromatic carbocycles. The molecule has 0 amide bonds. The van der Waals surface area contributed by atoms with Gasteiger partial charge < -0.3 is 0 Å². The molecule has 27 heavy (non-hydrogen) atoms. The molecule has 5 aromatic rings. The number of nitrogens with zero attached hydrogens (tertiary/aromatic N) is 4. The Bertz CT molecular complexity index is 1400. The van der Waals surface area contributed by atoms with Crippen LogP contribution in [0, 0.1) is 4.91 Å². The van der Waals surface area contributed by atoms with E-state index < -0.39 is 0 Å². The van der Waals surface area contributed by atoms with Crippen LogP contribution in [-0.2, 0) is 4.84 Å². The zero-order valence-corrected chi connectivity index (χ0v) is 15.0. The van der Waals surface area contributed by atoms with Crippen molar-refractivity contribution in [1.82, 2.24) is 14.0 Å². The van der Waals surface area contributed by atoms with Crippen LogP contribution in [0.15, 0.2) is 64.9 Å². The molecule has 0 radical (unpaired) electrons. The van der Waals surface area contributed by atoms with Crippen molar-refractivity contribution in [1.29, 1.82) is 0 Å². The van der Waals surface area contributed by atoms with Crippen LogP contribution in [0.2, 0.25) is 0 Å². The number of fused-ring (bicyclic) bond motifs is 5. The minimum Gasteiger partial charge on any atom is -0.285 e. The fourth-order valence-electron chi connectivity index (χ4n) is 3.30. The highest BCUT2D eigenvalue weighted by atomic mass is 32.1. The second-order valence-electron chi connectivity index (χ2n) is 5.97. The summed E-state index contributed by atoms with van der Waals surface area (Å²) in [6, 6.07) is 14.3. The van der Waals surface area contributed by atoms with Crippen molar-refractivity contribution in [3.63, 3.8) is 0 Å². The van der Waals surface area contributed by atoms with Gasteiger partial charge in [0.25, 0.3) is 10.5 Å². The molecule has 4 heterocycles. The molecule has 0 aliphatic heterocycles.